The number of amidine groups is 1. The van der Waals surface area contributed by atoms with Crippen molar-refractivity contribution in [1.29, 1.82) is 0 Å². The Morgan fingerprint density at radius 3 is 2.68 bits per heavy atom. The molecule has 1 aromatic carbocycles. The molecular formula is C13H13BrN2O2S. The van der Waals surface area contributed by atoms with Crippen LogP contribution in [0.15, 0.2) is 50.7 Å². The van der Waals surface area contributed by atoms with E-state index in [1.165, 1.54) is 0 Å². The molecule has 100 valence electrons. The average molecular weight is 341 g/mol. The highest BCUT2D eigenvalue weighted by Gasteiger charge is 1.98. The molecule has 0 saturated carbocycles. The summed E-state index contributed by atoms with van der Waals surface area (Å²) in [6.45, 7) is 0.767. The summed E-state index contributed by atoms with van der Waals surface area (Å²) in [5, 5.41) is 7.68. The molecule has 19 heavy (non-hydrogen) atoms. The van der Waals surface area contributed by atoms with E-state index in [2.05, 4.69) is 21.1 Å². The second kappa shape index (κ2) is 7.16. The Bertz CT molecular complexity index is 526. The van der Waals surface area contributed by atoms with E-state index in [0.29, 0.717) is 19.0 Å². The molecule has 6 heteroatoms. The number of rotatable bonds is 6. The van der Waals surface area contributed by atoms with Gasteiger partial charge in [0.2, 0.25) is 0 Å². The molecule has 2 aromatic rings. The molecule has 4 nitrogen and oxygen atoms in total. The molecule has 2 rings (SSSR count). The fraction of sp³-hybridized carbons (Fsp3) is 0.154. The zero-order valence-electron chi connectivity index (χ0n) is 10.1. The normalized spacial score (nSPS) is 11.3. The number of ether oxygens (including phenoxy) is 1. The molecule has 0 aliphatic rings. The maximum absolute atomic E-state index is 5.74. The quantitative estimate of drug-likeness (QED) is 0.380. The lowest BCUT2D eigenvalue weighted by atomic mass is 10.3. The smallest absolute Gasteiger partial charge is 0.171 e. The molecule has 0 spiro atoms. The first-order valence-corrected chi connectivity index (χ1v) is 7.35. The van der Waals surface area contributed by atoms with Crippen LogP contribution in [-0.2, 0) is 4.84 Å². The van der Waals surface area contributed by atoms with Crippen LogP contribution < -0.4 is 10.5 Å². The van der Waals surface area contributed by atoms with E-state index < -0.39 is 0 Å². The van der Waals surface area contributed by atoms with Gasteiger partial charge < -0.3 is 15.3 Å². The van der Waals surface area contributed by atoms with Crippen LogP contribution in [0.3, 0.4) is 0 Å². The number of halogens is 1. The maximum Gasteiger partial charge on any atom is 0.171 e. The van der Waals surface area contributed by atoms with Crippen molar-refractivity contribution in [1.82, 2.24) is 0 Å². The number of oxime groups is 1. The van der Waals surface area contributed by atoms with E-state index in [1.54, 1.807) is 11.3 Å². The summed E-state index contributed by atoms with van der Waals surface area (Å²) in [4.78, 5) is 5.10. The molecule has 0 amide bonds. The lowest BCUT2D eigenvalue weighted by Crippen LogP contribution is -2.14. The van der Waals surface area contributed by atoms with Gasteiger partial charge in [-0.25, -0.2) is 0 Å². The molecule has 0 bridgehead atoms. The third-order valence-electron chi connectivity index (χ3n) is 2.24. The minimum absolute atomic E-state index is 0.348. The first-order valence-electron chi connectivity index (χ1n) is 5.62. The van der Waals surface area contributed by atoms with Gasteiger partial charge in [0.05, 0.1) is 0 Å². The van der Waals surface area contributed by atoms with Gasteiger partial charge in [-0.1, -0.05) is 21.1 Å². The largest absolute Gasteiger partial charge is 0.490 e. The van der Waals surface area contributed by atoms with Crippen LogP contribution in [0, 0.1) is 0 Å². The SMILES string of the molecule is N/C(=N/OCCOc1ccc(Br)cc1)c1ccsc1. The van der Waals surface area contributed by atoms with Gasteiger partial charge in [0.25, 0.3) is 0 Å². The Morgan fingerprint density at radius 2 is 2.00 bits per heavy atom. The van der Waals surface area contributed by atoms with Crippen molar-refractivity contribution < 1.29 is 9.57 Å². The first kappa shape index (κ1) is 13.9. The van der Waals surface area contributed by atoms with Crippen LogP contribution in [-0.4, -0.2) is 19.0 Å². The van der Waals surface area contributed by atoms with E-state index >= 15 is 0 Å². The number of hydrogen-bond acceptors (Lipinski definition) is 4. The Morgan fingerprint density at radius 1 is 1.21 bits per heavy atom. The number of nitrogens with zero attached hydrogens (tertiary/aromatic N) is 1. The van der Waals surface area contributed by atoms with Crippen LogP contribution in [0.25, 0.3) is 0 Å². The zero-order valence-corrected chi connectivity index (χ0v) is 12.5. The minimum atomic E-state index is 0.348. The van der Waals surface area contributed by atoms with E-state index in [9.17, 15) is 0 Å². The number of nitrogens with two attached hydrogens (primary N) is 1. The Labute approximate surface area is 124 Å². The molecule has 0 saturated heterocycles. The van der Waals surface area contributed by atoms with E-state index in [0.717, 1.165) is 15.8 Å². The molecule has 0 radical (unpaired) electrons. The second-order valence-electron chi connectivity index (χ2n) is 3.62. The highest BCUT2D eigenvalue weighted by molar-refractivity contribution is 9.10. The Kier molecular flexibility index (Phi) is 5.23. The summed E-state index contributed by atoms with van der Waals surface area (Å²) in [6, 6.07) is 9.50. The third kappa shape index (κ3) is 4.57. The number of hydrogen-bond donors (Lipinski definition) is 1. The zero-order chi connectivity index (χ0) is 13.5. The van der Waals surface area contributed by atoms with Crippen molar-refractivity contribution in [3.05, 3.63) is 51.1 Å². The van der Waals surface area contributed by atoms with Gasteiger partial charge in [-0.3, -0.25) is 0 Å². The van der Waals surface area contributed by atoms with Gasteiger partial charge >= 0.3 is 0 Å². The van der Waals surface area contributed by atoms with Gasteiger partial charge in [-0.2, -0.15) is 11.3 Å². The van der Waals surface area contributed by atoms with Gasteiger partial charge in [0.1, 0.15) is 12.4 Å². The van der Waals surface area contributed by atoms with Crippen molar-refractivity contribution in [3.63, 3.8) is 0 Å². The van der Waals surface area contributed by atoms with Gasteiger partial charge in [0, 0.05) is 15.4 Å². The predicted molar refractivity (Wildman–Crippen MR) is 80.6 cm³/mol. The number of thiophene rings is 1. The molecular weight excluding hydrogens is 328 g/mol. The van der Waals surface area contributed by atoms with Crippen molar-refractivity contribution in [2.75, 3.05) is 13.2 Å². The minimum Gasteiger partial charge on any atom is -0.490 e. The van der Waals surface area contributed by atoms with Crippen molar-refractivity contribution >= 4 is 33.1 Å². The summed E-state index contributed by atoms with van der Waals surface area (Å²) in [5.41, 5.74) is 6.61. The van der Waals surface area contributed by atoms with Crippen LogP contribution in [0.1, 0.15) is 5.56 Å². The molecule has 0 aliphatic heterocycles. The first-order chi connectivity index (χ1) is 9.25. The van der Waals surface area contributed by atoms with Crippen LogP contribution in [0.2, 0.25) is 0 Å². The third-order valence-corrected chi connectivity index (χ3v) is 3.45. The molecule has 0 unspecified atom stereocenters. The summed E-state index contributed by atoms with van der Waals surface area (Å²) in [5.74, 6) is 1.17. The van der Waals surface area contributed by atoms with E-state index in [1.807, 2.05) is 41.1 Å². The van der Waals surface area contributed by atoms with E-state index in [-0.39, 0.29) is 0 Å². The second-order valence-corrected chi connectivity index (χ2v) is 5.32. The summed E-state index contributed by atoms with van der Waals surface area (Å²) >= 11 is 4.93. The number of benzene rings is 1. The molecule has 2 N–H and O–H groups in total. The van der Waals surface area contributed by atoms with Gasteiger partial charge in [-0.05, 0) is 35.7 Å². The van der Waals surface area contributed by atoms with Crippen molar-refractivity contribution in [2.45, 2.75) is 0 Å². The highest BCUT2D eigenvalue weighted by atomic mass is 79.9. The lowest BCUT2D eigenvalue weighted by molar-refractivity contribution is 0.107. The predicted octanol–water partition coefficient (Wildman–Crippen LogP) is 3.23. The van der Waals surface area contributed by atoms with Crippen LogP contribution >= 0.6 is 27.3 Å². The molecule has 0 aliphatic carbocycles. The fourth-order valence-corrected chi connectivity index (χ4v) is 2.22. The summed E-state index contributed by atoms with van der Waals surface area (Å²) in [7, 11) is 0. The van der Waals surface area contributed by atoms with Crippen LogP contribution in [0.5, 0.6) is 5.75 Å². The van der Waals surface area contributed by atoms with Gasteiger partial charge in [-0.15, -0.1) is 0 Å². The highest BCUT2D eigenvalue weighted by Crippen LogP contribution is 2.15. The maximum atomic E-state index is 5.74. The summed E-state index contributed by atoms with van der Waals surface area (Å²) < 4.78 is 6.50. The topological polar surface area (TPSA) is 56.8 Å². The molecule has 0 fully saturated rings. The fourth-order valence-electron chi connectivity index (χ4n) is 1.31. The van der Waals surface area contributed by atoms with Crippen LogP contribution in [0.4, 0.5) is 0 Å². The Balaban J connectivity index is 1.70. The molecule has 1 heterocycles. The van der Waals surface area contributed by atoms with Gasteiger partial charge in [0.15, 0.2) is 12.4 Å². The van der Waals surface area contributed by atoms with Crippen molar-refractivity contribution in [2.24, 2.45) is 10.9 Å². The van der Waals surface area contributed by atoms with E-state index in [4.69, 9.17) is 15.3 Å². The molecule has 0 atom stereocenters. The standard InChI is InChI=1S/C13H13BrN2O2S/c14-11-1-3-12(4-2-11)17-6-7-18-16-13(15)10-5-8-19-9-10/h1-5,8-9H,6-7H2,(H2,15,16). The monoisotopic (exact) mass is 340 g/mol. The summed E-state index contributed by atoms with van der Waals surface area (Å²) in [6.07, 6.45) is 0. The van der Waals surface area contributed by atoms with Crippen molar-refractivity contribution in [3.8, 4) is 5.75 Å². The average Bonchev–Trinajstić information content (AvgIpc) is 2.94. The Hall–Kier alpha value is -1.53. The lowest BCUT2D eigenvalue weighted by Gasteiger charge is -2.05. The molecule has 1 aromatic heterocycles.